The third-order valence-electron chi connectivity index (χ3n) is 1.99. The number of aromatic nitrogens is 1. The number of hydrogen-bond donors (Lipinski definition) is 1. The van der Waals surface area contributed by atoms with E-state index in [0.717, 1.165) is 16.9 Å². The van der Waals surface area contributed by atoms with E-state index in [1.54, 1.807) is 18.7 Å². The monoisotopic (exact) mass is 189 g/mol. The van der Waals surface area contributed by atoms with E-state index in [4.69, 9.17) is 9.52 Å². The van der Waals surface area contributed by atoms with Crippen molar-refractivity contribution in [3.05, 3.63) is 53.7 Å². The maximum atomic E-state index is 8.84. The number of aliphatic hydroxyl groups excluding tert-OH is 1. The minimum absolute atomic E-state index is 0.0243. The molecule has 0 unspecified atom stereocenters. The fraction of sp³-hybridized carbons (Fsp3) is 0.182. The highest BCUT2D eigenvalue weighted by Gasteiger charge is 2.01. The third-order valence-corrected chi connectivity index (χ3v) is 1.99. The predicted octanol–water partition coefficient (Wildman–Crippen LogP) is 1.76. The standard InChI is InChI=1S/C11H11NO2/c13-7-10-5-11(14-8-10)4-9-2-1-3-12-6-9/h1-3,5-6,8,13H,4,7H2. The van der Waals surface area contributed by atoms with Crippen molar-refractivity contribution in [3.8, 4) is 0 Å². The molecule has 3 nitrogen and oxygen atoms in total. The van der Waals surface area contributed by atoms with E-state index in [9.17, 15) is 0 Å². The van der Waals surface area contributed by atoms with Gasteiger partial charge in [0.2, 0.25) is 0 Å². The van der Waals surface area contributed by atoms with Crippen LogP contribution < -0.4 is 0 Å². The first-order chi connectivity index (χ1) is 6.88. The van der Waals surface area contributed by atoms with Crippen molar-refractivity contribution in [2.75, 3.05) is 0 Å². The zero-order valence-corrected chi connectivity index (χ0v) is 7.68. The molecule has 2 aromatic rings. The summed E-state index contributed by atoms with van der Waals surface area (Å²) >= 11 is 0. The average Bonchev–Trinajstić information content (AvgIpc) is 2.67. The topological polar surface area (TPSA) is 46.3 Å². The first-order valence-corrected chi connectivity index (χ1v) is 4.44. The molecular weight excluding hydrogens is 178 g/mol. The van der Waals surface area contributed by atoms with Crippen molar-refractivity contribution >= 4 is 0 Å². The van der Waals surface area contributed by atoms with Gasteiger partial charge in [0.1, 0.15) is 5.76 Å². The van der Waals surface area contributed by atoms with E-state index >= 15 is 0 Å². The predicted molar refractivity (Wildman–Crippen MR) is 51.7 cm³/mol. The van der Waals surface area contributed by atoms with E-state index in [1.807, 2.05) is 18.2 Å². The molecule has 1 N–H and O–H groups in total. The van der Waals surface area contributed by atoms with Crippen LogP contribution in [-0.4, -0.2) is 10.1 Å². The van der Waals surface area contributed by atoms with Gasteiger partial charge in [0.25, 0.3) is 0 Å². The van der Waals surface area contributed by atoms with Crippen molar-refractivity contribution in [2.24, 2.45) is 0 Å². The Balaban J connectivity index is 2.11. The lowest BCUT2D eigenvalue weighted by Gasteiger charge is -1.95. The highest BCUT2D eigenvalue weighted by atomic mass is 16.3. The lowest BCUT2D eigenvalue weighted by molar-refractivity contribution is 0.280. The summed E-state index contributed by atoms with van der Waals surface area (Å²) in [5, 5.41) is 8.84. The van der Waals surface area contributed by atoms with Crippen LogP contribution in [0.15, 0.2) is 41.3 Å². The molecule has 0 saturated carbocycles. The Bertz CT molecular complexity index is 395. The van der Waals surface area contributed by atoms with Crippen molar-refractivity contribution in [3.63, 3.8) is 0 Å². The van der Waals surface area contributed by atoms with Crippen LogP contribution in [0.3, 0.4) is 0 Å². The Hall–Kier alpha value is -1.61. The van der Waals surface area contributed by atoms with Gasteiger partial charge in [-0.15, -0.1) is 0 Å². The minimum atomic E-state index is 0.0243. The fourth-order valence-corrected chi connectivity index (χ4v) is 1.31. The number of furan rings is 1. The van der Waals surface area contributed by atoms with Crippen LogP contribution >= 0.6 is 0 Å². The lowest BCUT2D eigenvalue weighted by Crippen LogP contribution is -1.86. The van der Waals surface area contributed by atoms with Gasteiger partial charge in [-0.05, 0) is 17.7 Å². The lowest BCUT2D eigenvalue weighted by atomic mass is 10.1. The van der Waals surface area contributed by atoms with Gasteiger partial charge in [-0.3, -0.25) is 4.98 Å². The summed E-state index contributed by atoms with van der Waals surface area (Å²) in [6.45, 7) is 0.0243. The van der Waals surface area contributed by atoms with Crippen LogP contribution in [0.4, 0.5) is 0 Å². The maximum Gasteiger partial charge on any atom is 0.108 e. The average molecular weight is 189 g/mol. The first kappa shape index (κ1) is 8.97. The van der Waals surface area contributed by atoms with Gasteiger partial charge in [0.05, 0.1) is 12.9 Å². The second-order valence-corrected chi connectivity index (χ2v) is 3.12. The molecule has 72 valence electrons. The molecule has 0 atom stereocenters. The van der Waals surface area contributed by atoms with Crippen LogP contribution in [0.25, 0.3) is 0 Å². The molecule has 0 aliphatic rings. The van der Waals surface area contributed by atoms with E-state index in [1.165, 1.54) is 0 Å². The van der Waals surface area contributed by atoms with Crippen molar-refractivity contribution in [1.82, 2.24) is 4.98 Å². The molecule has 2 heterocycles. The Morgan fingerprint density at radius 2 is 2.29 bits per heavy atom. The molecule has 14 heavy (non-hydrogen) atoms. The van der Waals surface area contributed by atoms with Crippen LogP contribution in [-0.2, 0) is 13.0 Å². The Labute approximate surface area is 82.0 Å². The van der Waals surface area contributed by atoms with Gasteiger partial charge < -0.3 is 9.52 Å². The van der Waals surface area contributed by atoms with Crippen molar-refractivity contribution in [1.29, 1.82) is 0 Å². The first-order valence-electron chi connectivity index (χ1n) is 4.44. The summed E-state index contributed by atoms with van der Waals surface area (Å²) in [7, 11) is 0. The molecule has 0 aromatic carbocycles. The molecule has 2 rings (SSSR count). The Morgan fingerprint density at radius 1 is 1.36 bits per heavy atom. The minimum Gasteiger partial charge on any atom is -0.469 e. The van der Waals surface area contributed by atoms with Crippen LogP contribution in [0.2, 0.25) is 0 Å². The molecule has 0 aliphatic carbocycles. The zero-order valence-electron chi connectivity index (χ0n) is 7.68. The maximum absolute atomic E-state index is 8.84. The molecule has 0 saturated heterocycles. The number of rotatable bonds is 3. The zero-order chi connectivity index (χ0) is 9.80. The van der Waals surface area contributed by atoms with Crippen molar-refractivity contribution < 1.29 is 9.52 Å². The molecule has 0 amide bonds. The summed E-state index contributed by atoms with van der Waals surface area (Å²) in [6, 6.07) is 5.74. The molecule has 0 bridgehead atoms. The largest absolute Gasteiger partial charge is 0.469 e. The number of nitrogens with zero attached hydrogens (tertiary/aromatic N) is 1. The normalized spacial score (nSPS) is 10.4. The second kappa shape index (κ2) is 4.07. The summed E-state index contributed by atoms with van der Waals surface area (Å²) in [4.78, 5) is 4.02. The number of pyridine rings is 1. The summed E-state index contributed by atoms with van der Waals surface area (Å²) < 4.78 is 5.27. The SMILES string of the molecule is OCc1coc(Cc2cccnc2)c1. The second-order valence-electron chi connectivity index (χ2n) is 3.12. The fourth-order valence-electron chi connectivity index (χ4n) is 1.31. The van der Waals surface area contributed by atoms with E-state index in [-0.39, 0.29) is 6.61 Å². The summed E-state index contributed by atoms with van der Waals surface area (Å²) in [5.41, 5.74) is 1.91. The quantitative estimate of drug-likeness (QED) is 0.800. The van der Waals surface area contributed by atoms with Gasteiger partial charge in [-0.2, -0.15) is 0 Å². The summed E-state index contributed by atoms with van der Waals surface area (Å²) in [5.74, 6) is 0.849. The van der Waals surface area contributed by atoms with Crippen LogP contribution in [0, 0.1) is 0 Å². The Morgan fingerprint density at radius 3 is 2.93 bits per heavy atom. The van der Waals surface area contributed by atoms with E-state index < -0.39 is 0 Å². The molecule has 3 heteroatoms. The molecule has 2 aromatic heterocycles. The molecule has 0 aliphatic heterocycles. The van der Waals surface area contributed by atoms with E-state index in [2.05, 4.69) is 4.98 Å². The highest BCUT2D eigenvalue weighted by Crippen LogP contribution is 2.12. The van der Waals surface area contributed by atoms with Crippen LogP contribution in [0.1, 0.15) is 16.9 Å². The number of aliphatic hydroxyl groups is 1. The molecule has 0 spiro atoms. The summed E-state index contributed by atoms with van der Waals surface area (Å²) in [6.07, 6.45) is 5.84. The van der Waals surface area contributed by atoms with Gasteiger partial charge in [-0.1, -0.05) is 6.07 Å². The molecular formula is C11H11NO2. The highest BCUT2D eigenvalue weighted by molar-refractivity contribution is 5.20. The van der Waals surface area contributed by atoms with Gasteiger partial charge >= 0.3 is 0 Å². The smallest absolute Gasteiger partial charge is 0.108 e. The van der Waals surface area contributed by atoms with Gasteiger partial charge in [0, 0.05) is 24.4 Å². The van der Waals surface area contributed by atoms with Gasteiger partial charge in [0.15, 0.2) is 0 Å². The number of hydrogen-bond acceptors (Lipinski definition) is 3. The van der Waals surface area contributed by atoms with Crippen LogP contribution in [0.5, 0.6) is 0 Å². The molecule has 0 radical (unpaired) electrons. The Kier molecular flexibility index (Phi) is 2.60. The molecule has 0 fully saturated rings. The van der Waals surface area contributed by atoms with Gasteiger partial charge in [-0.25, -0.2) is 0 Å². The van der Waals surface area contributed by atoms with Crippen molar-refractivity contribution in [2.45, 2.75) is 13.0 Å². The third kappa shape index (κ3) is 2.00. The van der Waals surface area contributed by atoms with E-state index in [0.29, 0.717) is 6.42 Å².